The van der Waals surface area contributed by atoms with E-state index in [4.69, 9.17) is 0 Å². The van der Waals surface area contributed by atoms with Crippen LogP contribution in [0.25, 0.3) is 33.8 Å². The summed E-state index contributed by atoms with van der Waals surface area (Å²) in [6.45, 7) is 0. The Balaban J connectivity index is 1.77. The van der Waals surface area contributed by atoms with Crippen LogP contribution in [0.15, 0.2) is 66.2 Å². The molecule has 0 bridgehead atoms. The fourth-order valence-corrected chi connectivity index (χ4v) is 3.72. The molecule has 0 spiro atoms. The van der Waals surface area contributed by atoms with Crippen LogP contribution in [0.4, 0.5) is 0 Å². The van der Waals surface area contributed by atoms with Crippen molar-refractivity contribution < 1.29 is 0 Å². The molecule has 4 rings (SSSR count). The Morgan fingerprint density at radius 2 is 1.88 bits per heavy atom. The zero-order valence-corrected chi connectivity index (χ0v) is 14.5. The van der Waals surface area contributed by atoms with Gasteiger partial charge in [0.15, 0.2) is 0 Å². The summed E-state index contributed by atoms with van der Waals surface area (Å²) in [5.74, 6) is 0. The van der Waals surface area contributed by atoms with E-state index in [1.165, 1.54) is 11.3 Å². The number of rotatable bonds is 3. The number of nitrogens with zero attached hydrogens (tertiary/aromatic N) is 3. The highest BCUT2D eigenvalue weighted by Gasteiger charge is 2.11. The van der Waals surface area contributed by atoms with Crippen LogP contribution in [-0.4, -0.2) is 9.55 Å². The van der Waals surface area contributed by atoms with Crippen LogP contribution < -0.4 is 0 Å². The fourth-order valence-electron chi connectivity index (χ4n) is 2.92. The first-order valence-electron chi connectivity index (χ1n) is 7.93. The maximum atomic E-state index is 9.64. The van der Waals surface area contributed by atoms with E-state index < -0.39 is 0 Å². The number of allylic oxidation sites excluding steroid dienone is 1. The molecule has 0 saturated carbocycles. The van der Waals surface area contributed by atoms with Gasteiger partial charge in [0.05, 0.1) is 11.3 Å². The van der Waals surface area contributed by atoms with Crippen molar-refractivity contribution in [3.63, 3.8) is 0 Å². The van der Waals surface area contributed by atoms with Gasteiger partial charge in [0.2, 0.25) is 0 Å². The monoisotopic (exact) mass is 341 g/mol. The molecule has 0 saturated heterocycles. The smallest absolute Gasteiger partial charge is 0.134 e. The SMILES string of the molecule is Cn1cc(/C=C(/C#N)c2nc(-c3ccccc3)cs2)c2ccccc21. The lowest BCUT2D eigenvalue weighted by molar-refractivity contribution is 0.968. The summed E-state index contributed by atoms with van der Waals surface area (Å²) in [5.41, 5.74) is 4.73. The van der Waals surface area contributed by atoms with E-state index >= 15 is 0 Å². The van der Waals surface area contributed by atoms with E-state index in [1.807, 2.05) is 67.2 Å². The molecule has 120 valence electrons. The Labute approximate surface area is 150 Å². The quantitative estimate of drug-likeness (QED) is 0.470. The van der Waals surface area contributed by atoms with Gasteiger partial charge >= 0.3 is 0 Å². The first-order valence-corrected chi connectivity index (χ1v) is 8.81. The molecule has 25 heavy (non-hydrogen) atoms. The van der Waals surface area contributed by atoms with Crippen LogP contribution >= 0.6 is 11.3 Å². The molecule has 3 nitrogen and oxygen atoms in total. The predicted molar refractivity (Wildman–Crippen MR) is 104 cm³/mol. The summed E-state index contributed by atoms with van der Waals surface area (Å²) in [4.78, 5) is 4.66. The van der Waals surface area contributed by atoms with Crippen LogP contribution in [0.3, 0.4) is 0 Å². The summed E-state index contributed by atoms with van der Waals surface area (Å²) in [6, 6.07) is 20.5. The maximum Gasteiger partial charge on any atom is 0.134 e. The second-order valence-electron chi connectivity index (χ2n) is 5.79. The molecule has 2 aromatic heterocycles. The average Bonchev–Trinajstić information content (AvgIpc) is 3.26. The number of aryl methyl sites for hydroxylation is 1. The first-order chi connectivity index (χ1) is 12.3. The van der Waals surface area contributed by atoms with E-state index in [0.29, 0.717) is 5.57 Å². The molecular formula is C21H15N3S. The van der Waals surface area contributed by atoms with E-state index in [9.17, 15) is 5.26 Å². The van der Waals surface area contributed by atoms with Crippen molar-refractivity contribution in [3.8, 4) is 17.3 Å². The molecule has 0 fully saturated rings. The number of hydrogen-bond donors (Lipinski definition) is 0. The maximum absolute atomic E-state index is 9.64. The van der Waals surface area contributed by atoms with Crippen LogP contribution in [0, 0.1) is 11.3 Å². The number of aromatic nitrogens is 2. The van der Waals surface area contributed by atoms with Gasteiger partial charge < -0.3 is 4.57 Å². The Morgan fingerprint density at radius 3 is 2.68 bits per heavy atom. The van der Waals surface area contributed by atoms with Gasteiger partial charge in [0.1, 0.15) is 11.1 Å². The third kappa shape index (κ3) is 2.86. The lowest BCUT2D eigenvalue weighted by Crippen LogP contribution is -1.83. The highest BCUT2D eigenvalue weighted by molar-refractivity contribution is 7.11. The minimum absolute atomic E-state index is 0.587. The predicted octanol–water partition coefficient (Wildman–Crippen LogP) is 5.37. The Kier molecular flexibility index (Phi) is 3.93. The van der Waals surface area contributed by atoms with Crippen molar-refractivity contribution in [1.82, 2.24) is 9.55 Å². The third-order valence-electron chi connectivity index (χ3n) is 4.15. The number of thiazole rings is 1. The number of benzene rings is 2. The van der Waals surface area contributed by atoms with E-state index in [2.05, 4.69) is 27.8 Å². The normalized spacial score (nSPS) is 11.6. The molecule has 2 aromatic carbocycles. The third-order valence-corrected chi connectivity index (χ3v) is 5.03. The standard InChI is InChI=1S/C21H15N3S/c1-24-13-17(18-9-5-6-10-20(18)24)11-16(12-22)21-23-19(14-25-21)15-7-3-2-4-8-15/h2-11,13-14H,1H3/b16-11-. The largest absolute Gasteiger partial charge is 0.350 e. The zero-order valence-electron chi connectivity index (χ0n) is 13.7. The Morgan fingerprint density at radius 1 is 1.12 bits per heavy atom. The highest BCUT2D eigenvalue weighted by Crippen LogP contribution is 2.29. The molecule has 0 N–H and O–H groups in total. The minimum atomic E-state index is 0.587. The second kappa shape index (κ2) is 6.39. The molecule has 0 unspecified atom stereocenters. The van der Waals surface area contributed by atoms with Crippen molar-refractivity contribution in [3.05, 3.63) is 76.7 Å². The molecule has 4 aromatic rings. The van der Waals surface area contributed by atoms with Gasteiger partial charge in [-0.15, -0.1) is 11.3 Å². The molecule has 0 aliphatic carbocycles. The molecule has 0 radical (unpaired) electrons. The van der Waals surface area contributed by atoms with Crippen molar-refractivity contribution in [2.45, 2.75) is 0 Å². The second-order valence-corrected chi connectivity index (χ2v) is 6.64. The molecular weight excluding hydrogens is 326 g/mol. The number of nitriles is 1. The van der Waals surface area contributed by atoms with Crippen molar-refractivity contribution >= 4 is 33.9 Å². The van der Waals surface area contributed by atoms with Gasteiger partial charge in [-0.2, -0.15) is 5.26 Å². The van der Waals surface area contributed by atoms with Gasteiger partial charge in [-0.3, -0.25) is 0 Å². The summed E-state index contributed by atoms with van der Waals surface area (Å²) >= 11 is 1.50. The van der Waals surface area contributed by atoms with Crippen LogP contribution in [-0.2, 0) is 7.05 Å². The van der Waals surface area contributed by atoms with Gasteiger partial charge in [-0.05, 0) is 12.1 Å². The van der Waals surface area contributed by atoms with Gasteiger partial charge in [0.25, 0.3) is 0 Å². The molecule has 0 amide bonds. The lowest BCUT2D eigenvalue weighted by Gasteiger charge is -1.96. The highest BCUT2D eigenvalue weighted by atomic mass is 32.1. The van der Waals surface area contributed by atoms with Crippen LogP contribution in [0.2, 0.25) is 0 Å². The average molecular weight is 341 g/mol. The number of para-hydroxylation sites is 1. The topological polar surface area (TPSA) is 41.6 Å². The van der Waals surface area contributed by atoms with Crippen molar-refractivity contribution in [2.24, 2.45) is 7.05 Å². The summed E-state index contributed by atoms with van der Waals surface area (Å²) in [5, 5.41) is 13.5. The summed E-state index contributed by atoms with van der Waals surface area (Å²) < 4.78 is 2.08. The van der Waals surface area contributed by atoms with Gasteiger partial charge in [-0.25, -0.2) is 4.98 Å². The molecule has 0 aliphatic rings. The zero-order chi connectivity index (χ0) is 17.2. The number of fused-ring (bicyclic) bond motifs is 1. The first kappa shape index (κ1) is 15.4. The minimum Gasteiger partial charge on any atom is -0.350 e. The number of hydrogen-bond acceptors (Lipinski definition) is 3. The van der Waals surface area contributed by atoms with Crippen molar-refractivity contribution in [1.29, 1.82) is 5.26 Å². The van der Waals surface area contributed by atoms with Crippen molar-refractivity contribution in [2.75, 3.05) is 0 Å². The molecule has 0 aliphatic heterocycles. The fraction of sp³-hybridized carbons (Fsp3) is 0.0476. The van der Waals surface area contributed by atoms with Crippen LogP contribution in [0.1, 0.15) is 10.6 Å². The van der Waals surface area contributed by atoms with E-state index in [1.54, 1.807) is 0 Å². The molecule has 4 heteroatoms. The molecule has 0 atom stereocenters. The summed E-state index contributed by atoms with van der Waals surface area (Å²) in [6.07, 6.45) is 3.98. The Bertz CT molecular complexity index is 1110. The molecule has 2 heterocycles. The van der Waals surface area contributed by atoms with E-state index in [0.717, 1.165) is 32.7 Å². The van der Waals surface area contributed by atoms with E-state index in [-0.39, 0.29) is 0 Å². The lowest BCUT2D eigenvalue weighted by atomic mass is 10.1. The van der Waals surface area contributed by atoms with Gasteiger partial charge in [0, 0.05) is 40.7 Å². The Hall–Kier alpha value is -3.16. The van der Waals surface area contributed by atoms with Crippen LogP contribution in [0.5, 0.6) is 0 Å². The summed E-state index contributed by atoms with van der Waals surface area (Å²) in [7, 11) is 2.02. The van der Waals surface area contributed by atoms with Gasteiger partial charge in [-0.1, -0.05) is 48.5 Å².